The van der Waals surface area contributed by atoms with E-state index in [9.17, 15) is 4.79 Å². The fraction of sp³-hybridized carbons (Fsp3) is 0.556. The van der Waals surface area contributed by atoms with Crippen molar-refractivity contribution in [3.05, 3.63) is 34.8 Å². The molecule has 2 aromatic heterocycles. The first-order valence-corrected chi connectivity index (χ1v) is 8.56. The number of nitrogens with zero attached hydrogens (tertiary/aromatic N) is 3. The van der Waals surface area contributed by atoms with Gasteiger partial charge in [0.25, 0.3) is 5.91 Å². The molecule has 0 aromatic carbocycles. The average Bonchev–Trinajstić information content (AvgIpc) is 3.09. The van der Waals surface area contributed by atoms with Crippen molar-refractivity contribution in [2.24, 2.45) is 11.7 Å². The molecular weight excluding hydrogens is 304 g/mol. The Labute approximate surface area is 142 Å². The maximum absolute atomic E-state index is 13.0. The number of aryl methyl sites for hydroxylation is 2. The van der Waals surface area contributed by atoms with Crippen LogP contribution >= 0.6 is 0 Å². The van der Waals surface area contributed by atoms with Gasteiger partial charge in [-0.25, -0.2) is 0 Å². The van der Waals surface area contributed by atoms with Crippen molar-refractivity contribution in [2.45, 2.75) is 46.6 Å². The number of hydrogen-bond acceptors (Lipinski definition) is 4. The van der Waals surface area contributed by atoms with Crippen molar-refractivity contribution in [1.29, 1.82) is 0 Å². The standard InChI is InChI=1S/C18H26N4O2/c1-11-8-16(14(4)22(11)17-9-12(2)24-20-17)18(23)21-7-5-6-15(10-21)13(3)19/h8-9,13,15H,5-7,10,19H2,1-4H3/t13-,15-/m1/s1. The minimum atomic E-state index is 0.0833. The second-order valence-electron chi connectivity index (χ2n) is 6.93. The number of aromatic nitrogens is 2. The summed E-state index contributed by atoms with van der Waals surface area (Å²) in [5.74, 6) is 1.93. The summed E-state index contributed by atoms with van der Waals surface area (Å²) in [6, 6.07) is 3.93. The van der Waals surface area contributed by atoms with E-state index in [1.807, 2.05) is 49.3 Å². The number of carbonyl (C=O) groups is 1. The smallest absolute Gasteiger partial charge is 0.255 e. The van der Waals surface area contributed by atoms with Crippen LogP contribution in [-0.4, -0.2) is 39.7 Å². The van der Waals surface area contributed by atoms with Crippen LogP contribution in [0.2, 0.25) is 0 Å². The van der Waals surface area contributed by atoms with Gasteiger partial charge in [-0.2, -0.15) is 0 Å². The van der Waals surface area contributed by atoms with Gasteiger partial charge < -0.3 is 15.2 Å². The van der Waals surface area contributed by atoms with Gasteiger partial charge >= 0.3 is 0 Å². The van der Waals surface area contributed by atoms with E-state index in [4.69, 9.17) is 10.3 Å². The highest BCUT2D eigenvalue weighted by atomic mass is 16.5. The molecule has 1 saturated heterocycles. The molecule has 130 valence electrons. The van der Waals surface area contributed by atoms with Gasteiger partial charge in [0, 0.05) is 36.6 Å². The molecule has 2 N–H and O–H groups in total. The second kappa shape index (κ2) is 6.43. The maximum atomic E-state index is 13.0. The van der Waals surface area contributed by atoms with Crippen molar-refractivity contribution in [3.63, 3.8) is 0 Å². The topological polar surface area (TPSA) is 77.3 Å². The van der Waals surface area contributed by atoms with E-state index in [1.165, 1.54) is 0 Å². The largest absolute Gasteiger partial charge is 0.360 e. The molecule has 6 heteroatoms. The van der Waals surface area contributed by atoms with Crippen LogP contribution < -0.4 is 5.73 Å². The zero-order chi connectivity index (χ0) is 17.4. The number of likely N-dealkylation sites (tertiary alicyclic amines) is 1. The van der Waals surface area contributed by atoms with Crippen LogP contribution in [-0.2, 0) is 0 Å². The third-order valence-corrected chi connectivity index (χ3v) is 4.99. The Morgan fingerprint density at radius 3 is 2.75 bits per heavy atom. The third-order valence-electron chi connectivity index (χ3n) is 4.99. The third kappa shape index (κ3) is 2.98. The highest BCUT2D eigenvalue weighted by Crippen LogP contribution is 2.25. The molecule has 1 aliphatic rings. The van der Waals surface area contributed by atoms with Gasteiger partial charge in [0.15, 0.2) is 5.82 Å². The molecule has 0 bridgehead atoms. The lowest BCUT2D eigenvalue weighted by atomic mass is 9.92. The van der Waals surface area contributed by atoms with E-state index >= 15 is 0 Å². The highest BCUT2D eigenvalue weighted by Gasteiger charge is 2.28. The predicted molar refractivity (Wildman–Crippen MR) is 92.3 cm³/mol. The van der Waals surface area contributed by atoms with Gasteiger partial charge in [-0.05, 0) is 52.5 Å². The Kier molecular flexibility index (Phi) is 4.49. The second-order valence-corrected chi connectivity index (χ2v) is 6.93. The van der Waals surface area contributed by atoms with E-state index in [1.54, 1.807) is 0 Å². The molecule has 24 heavy (non-hydrogen) atoms. The van der Waals surface area contributed by atoms with Gasteiger partial charge in [-0.15, -0.1) is 0 Å². The van der Waals surface area contributed by atoms with E-state index in [0.29, 0.717) is 11.7 Å². The molecule has 0 radical (unpaired) electrons. The fourth-order valence-corrected chi connectivity index (χ4v) is 3.58. The van der Waals surface area contributed by atoms with Crippen LogP contribution in [0.3, 0.4) is 0 Å². The summed E-state index contributed by atoms with van der Waals surface area (Å²) in [7, 11) is 0. The van der Waals surface area contributed by atoms with Crippen molar-refractivity contribution in [3.8, 4) is 5.82 Å². The van der Waals surface area contributed by atoms with Gasteiger partial charge in [0.05, 0.1) is 5.56 Å². The predicted octanol–water partition coefficient (Wildman–Crippen LogP) is 2.59. The number of carbonyl (C=O) groups excluding carboxylic acids is 1. The average molecular weight is 330 g/mol. The number of piperidine rings is 1. The first-order valence-electron chi connectivity index (χ1n) is 8.56. The number of hydrogen-bond donors (Lipinski definition) is 1. The van der Waals surface area contributed by atoms with E-state index in [-0.39, 0.29) is 11.9 Å². The normalized spacial score (nSPS) is 19.5. The minimum Gasteiger partial charge on any atom is -0.360 e. The lowest BCUT2D eigenvalue weighted by Gasteiger charge is -2.34. The van der Waals surface area contributed by atoms with Gasteiger partial charge in [0.1, 0.15) is 5.76 Å². The molecule has 6 nitrogen and oxygen atoms in total. The van der Waals surface area contributed by atoms with Crippen LogP contribution in [0.5, 0.6) is 0 Å². The molecule has 1 amide bonds. The van der Waals surface area contributed by atoms with Crippen molar-refractivity contribution < 1.29 is 9.32 Å². The Morgan fingerprint density at radius 2 is 2.12 bits per heavy atom. The molecule has 0 aliphatic carbocycles. The summed E-state index contributed by atoms with van der Waals surface area (Å²) in [5.41, 5.74) is 8.65. The summed E-state index contributed by atoms with van der Waals surface area (Å²) < 4.78 is 7.14. The Bertz CT molecular complexity index is 744. The SMILES string of the molecule is Cc1cc(-n2c(C)cc(C(=O)N3CCC[C@@H]([C@@H](C)N)C3)c2C)no1. The van der Waals surface area contributed by atoms with E-state index in [2.05, 4.69) is 5.16 Å². The Balaban J connectivity index is 1.88. The number of rotatable bonds is 3. The molecule has 2 aromatic rings. The molecule has 1 fully saturated rings. The molecule has 0 unspecified atom stereocenters. The molecule has 0 saturated carbocycles. The first-order chi connectivity index (χ1) is 11.4. The maximum Gasteiger partial charge on any atom is 0.255 e. The van der Waals surface area contributed by atoms with E-state index in [0.717, 1.165) is 48.6 Å². The van der Waals surface area contributed by atoms with Gasteiger partial charge in [-0.3, -0.25) is 9.36 Å². The quantitative estimate of drug-likeness (QED) is 0.938. The fourth-order valence-electron chi connectivity index (χ4n) is 3.58. The minimum absolute atomic E-state index is 0.0833. The molecule has 2 atom stereocenters. The number of nitrogens with two attached hydrogens (primary N) is 1. The number of amides is 1. The summed E-state index contributed by atoms with van der Waals surface area (Å²) in [4.78, 5) is 15.0. The zero-order valence-corrected chi connectivity index (χ0v) is 14.9. The van der Waals surface area contributed by atoms with Crippen LogP contribution in [0.4, 0.5) is 0 Å². The summed E-state index contributed by atoms with van der Waals surface area (Å²) in [6.45, 7) is 9.36. The summed E-state index contributed by atoms with van der Waals surface area (Å²) in [5, 5.41) is 4.07. The summed E-state index contributed by atoms with van der Waals surface area (Å²) >= 11 is 0. The van der Waals surface area contributed by atoms with Crippen LogP contribution in [0.25, 0.3) is 5.82 Å². The van der Waals surface area contributed by atoms with Crippen molar-refractivity contribution in [2.75, 3.05) is 13.1 Å². The van der Waals surface area contributed by atoms with Gasteiger partial charge in [0.2, 0.25) is 0 Å². The molecule has 1 aliphatic heterocycles. The van der Waals surface area contributed by atoms with Crippen LogP contribution in [0.15, 0.2) is 16.7 Å². The molecule has 3 heterocycles. The lowest BCUT2D eigenvalue weighted by molar-refractivity contribution is 0.0660. The lowest BCUT2D eigenvalue weighted by Crippen LogP contribution is -2.45. The van der Waals surface area contributed by atoms with Gasteiger partial charge in [-0.1, -0.05) is 5.16 Å². The zero-order valence-electron chi connectivity index (χ0n) is 14.9. The van der Waals surface area contributed by atoms with Crippen molar-refractivity contribution in [1.82, 2.24) is 14.6 Å². The van der Waals surface area contributed by atoms with Crippen LogP contribution in [0, 0.1) is 26.7 Å². The Hall–Kier alpha value is -2.08. The molecule has 3 rings (SSSR count). The van der Waals surface area contributed by atoms with Crippen LogP contribution in [0.1, 0.15) is 47.3 Å². The molecule has 0 spiro atoms. The highest BCUT2D eigenvalue weighted by molar-refractivity contribution is 5.96. The summed E-state index contributed by atoms with van der Waals surface area (Å²) in [6.07, 6.45) is 2.11. The van der Waals surface area contributed by atoms with E-state index < -0.39 is 0 Å². The first kappa shape index (κ1) is 16.8. The Morgan fingerprint density at radius 1 is 1.38 bits per heavy atom. The van der Waals surface area contributed by atoms with Crippen molar-refractivity contribution >= 4 is 5.91 Å². The molecular formula is C18H26N4O2. The monoisotopic (exact) mass is 330 g/mol.